The van der Waals surface area contributed by atoms with Gasteiger partial charge in [-0.2, -0.15) is 5.10 Å². The number of carbonyl (C=O) groups excluding carboxylic acids is 1. The normalized spacial score (nSPS) is 20.1. The van der Waals surface area contributed by atoms with Crippen LogP contribution in [-0.2, 0) is 9.59 Å². The first-order valence-corrected chi connectivity index (χ1v) is 7.98. The van der Waals surface area contributed by atoms with Crippen LogP contribution in [0.5, 0.6) is 0 Å². The van der Waals surface area contributed by atoms with Crippen LogP contribution in [0.3, 0.4) is 0 Å². The highest BCUT2D eigenvalue weighted by Crippen LogP contribution is 2.32. The van der Waals surface area contributed by atoms with E-state index in [2.05, 4.69) is 15.4 Å². The smallest absolute Gasteiger partial charge is 0.306 e. The fourth-order valence-electron chi connectivity index (χ4n) is 3.19. The van der Waals surface area contributed by atoms with Crippen molar-refractivity contribution in [3.8, 4) is 5.82 Å². The molecule has 0 bridgehead atoms. The molecule has 3 rings (SSSR count). The third kappa shape index (κ3) is 3.15. The zero-order valence-corrected chi connectivity index (χ0v) is 13.7. The van der Waals surface area contributed by atoms with Crippen LogP contribution in [0.25, 0.3) is 5.82 Å². The summed E-state index contributed by atoms with van der Waals surface area (Å²) in [5.74, 6) is -1.13. The van der Waals surface area contributed by atoms with Crippen molar-refractivity contribution in [2.75, 3.05) is 5.32 Å². The van der Waals surface area contributed by atoms with Gasteiger partial charge in [0.15, 0.2) is 5.82 Å². The molecule has 2 heterocycles. The van der Waals surface area contributed by atoms with Gasteiger partial charge in [0.1, 0.15) is 0 Å². The van der Waals surface area contributed by atoms with Gasteiger partial charge >= 0.3 is 5.97 Å². The fraction of sp³-hybridized carbons (Fsp3) is 0.412. The number of carboxylic acids is 1. The van der Waals surface area contributed by atoms with Gasteiger partial charge in [-0.1, -0.05) is 0 Å². The van der Waals surface area contributed by atoms with Gasteiger partial charge in [0, 0.05) is 17.8 Å². The van der Waals surface area contributed by atoms with Crippen molar-refractivity contribution in [1.82, 2.24) is 14.8 Å². The van der Waals surface area contributed by atoms with E-state index in [1.807, 2.05) is 19.9 Å². The van der Waals surface area contributed by atoms with Crippen molar-refractivity contribution < 1.29 is 14.7 Å². The van der Waals surface area contributed by atoms with Crippen LogP contribution >= 0.6 is 0 Å². The molecule has 0 radical (unpaired) electrons. The lowest BCUT2D eigenvalue weighted by atomic mass is 10.0. The number of aryl methyl sites for hydroxylation is 2. The van der Waals surface area contributed by atoms with Crippen molar-refractivity contribution in [3.63, 3.8) is 0 Å². The zero-order chi connectivity index (χ0) is 17.3. The Bertz CT molecular complexity index is 784. The molecule has 0 aromatic carbocycles. The largest absolute Gasteiger partial charge is 0.481 e. The molecular formula is C17H20N4O3. The number of carbonyl (C=O) groups is 2. The molecule has 1 aliphatic carbocycles. The Balaban J connectivity index is 1.80. The SMILES string of the molecule is Cc1cc(C)n(-c2ncccc2NC(=O)[C@@H]2CC[C@H](C(=O)O)C2)n1. The first-order valence-electron chi connectivity index (χ1n) is 7.98. The van der Waals surface area contributed by atoms with E-state index in [4.69, 9.17) is 5.11 Å². The summed E-state index contributed by atoms with van der Waals surface area (Å²) >= 11 is 0. The van der Waals surface area contributed by atoms with Gasteiger partial charge in [0.2, 0.25) is 5.91 Å². The lowest BCUT2D eigenvalue weighted by Gasteiger charge is -2.14. The van der Waals surface area contributed by atoms with Crippen LogP contribution in [0.2, 0.25) is 0 Å². The minimum atomic E-state index is -0.824. The summed E-state index contributed by atoms with van der Waals surface area (Å²) in [7, 11) is 0. The lowest BCUT2D eigenvalue weighted by molar-refractivity contribution is -0.141. The molecule has 1 aliphatic rings. The third-order valence-corrected chi connectivity index (χ3v) is 4.41. The predicted octanol–water partition coefficient (Wildman–Crippen LogP) is 2.32. The van der Waals surface area contributed by atoms with Crippen molar-refractivity contribution in [2.24, 2.45) is 11.8 Å². The summed E-state index contributed by atoms with van der Waals surface area (Å²) < 4.78 is 1.69. The molecule has 1 amide bonds. The molecule has 1 saturated carbocycles. The van der Waals surface area contributed by atoms with Crippen molar-refractivity contribution in [2.45, 2.75) is 33.1 Å². The van der Waals surface area contributed by atoms with Crippen molar-refractivity contribution in [1.29, 1.82) is 0 Å². The summed E-state index contributed by atoms with van der Waals surface area (Å²) in [6.45, 7) is 3.82. The number of aliphatic carboxylic acids is 1. The summed E-state index contributed by atoms with van der Waals surface area (Å²) in [5, 5.41) is 16.4. The summed E-state index contributed by atoms with van der Waals surface area (Å²) in [5.41, 5.74) is 2.37. The molecule has 2 aromatic heterocycles. The second kappa shape index (κ2) is 6.43. The molecule has 2 aromatic rings. The number of rotatable bonds is 4. The molecular weight excluding hydrogens is 308 g/mol. The van der Waals surface area contributed by atoms with Gasteiger partial charge in [-0.3, -0.25) is 9.59 Å². The number of nitrogens with zero attached hydrogens (tertiary/aromatic N) is 3. The van der Waals surface area contributed by atoms with E-state index in [0.29, 0.717) is 30.8 Å². The molecule has 24 heavy (non-hydrogen) atoms. The Morgan fingerprint density at radius 1 is 1.29 bits per heavy atom. The molecule has 0 saturated heterocycles. The minimum Gasteiger partial charge on any atom is -0.481 e. The Morgan fingerprint density at radius 3 is 2.67 bits per heavy atom. The van der Waals surface area contributed by atoms with E-state index >= 15 is 0 Å². The first-order chi connectivity index (χ1) is 11.5. The van der Waals surface area contributed by atoms with Crippen LogP contribution < -0.4 is 5.32 Å². The Hall–Kier alpha value is -2.70. The van der Waals surface area contributed by atoms with Gasteiger partial charge < -0.3 is 10.4 Å². The number of hydrogen-bond acceptors (Lipinski definition) is 4. The molecule has 0 spiro atoms. The van der Waals surface area contributed by atoms with Gasteiger partial charge in [0.05, 0.1) is 17.3 Å². The van der Waals surface area contributed by atoms with Crippen LogP contribution in [0, 0.1) is 25.7 Å². The molecule has 0 aliphatic heterocycles. The average molecular weight is 328 g/mol. The fourth-order valence-corrected chi connectivity index (χ4v) is 3.19. The number of anilines is 1. The number of carboxylic acid groups (broad SMARTS) is 1. The highest BCUT2D eigenvalue weighted by atomic mass is 16.4. The third-order valence-electron chi connectivity index (χ3n) is 4.41. The topological polar surface area (TPSA) is 97.1 Å². The summed E-state index contributed by atoms with van der Waals surface area (Å²) in [6, 6.07) is 5.47. The van der Waals surface area contributed by atoms with E-state index in [9.17, 15) is 9.59 Å². The van der Waals surface area contributed by atoms with Crippen LogP contribution in [-0.4, -0.2) is 31.7 Å². The van der Waals surface area contributed by atoms with E-state index < -0.39 is 11.9 Å². The molecule has 2 atom stereocenters. The molecule has 7 nitrogen and oxygen atoms in total. The van der Waals surface area contributed by atoms with Crippen LogP contribution in [0.4, 0.5) is 5.69 Å². The predicted molar refractivity (Wildman–Crippen MR) is 87.9 cm³/mol. The Kier molecular flexibility index (Phi) is 4.33. The summed E-state index contributed by atoms with van der Waals surface area (Å²) in [6.07, 6.45) is 3.18. The van der Waals surface area contributed by atoms with Crippen molar-refractivity contribution >= 4 is 17.6 Å². The average Bonchev–Trinajstić information content (AvgIpc) is 3.15. The Morgan fingerprint density at radius 2 is 2.04 bits per heavy atom. The van der Waals surface area contributed by atoms with Gasteiger partial charge in [-0.05, 0) is 51.3 Å². The molecule has 7 heteroatoms. The molecule has 2 N–H and O–H groups in total. The highest BCUT2D eigenvalue weighted by molar-refractivity contribution is 5.94. The second-order valence-electron chi connectivity index (χ2n) is 6.25. The van der Waals surface area contributed by atoms with Crippen LogP contribution in [0.15, 0.2) is 24.4 Å². The highest BCUT2D eigenvalue weighted by Gasteiger charge is 2.34. The molecule has 126 valence electrons. The first kappa shape index (κ1) is 16.2. The van der Waals surface area contributed by atoms with E-state index in [1.165, 1.54) is 0 Å². The minimum absolute atomic E-state index is 0.158. The van der Waals surface area contributed by atoms with E-state index in [1.54, 1.807) is 23.0 Å². The monoisotopic (exact) mass is 328 g/mol. The van der Waals surface area contributed by atoms with Crippen molar-refractivity contribution in [3.05, 3.63) is 35.8 Å². The maximum atomic E-state index is 12.5. The zero-order valence-electron chi connectivity index (χ0n) is 13.7. The van der Waals surface area contributed by atoms with Gasteiger partial charge in [-0.25, -0.2) is 9.67 Å². The standard InChI is InChI=1S/C17H20N4O3/c1-10-8-11(2)21(20-10)15-14(4-3-7-18-15)19-16(22)12-5-6-13(9-12)17(23)24/h3-4,7-8,12-13H,5-6,9H2,1-2H3,(H,19,22)(H,23,24)/t12-,13+/m1/s1. The van der Waals surface area contributed by atoms with E-state index in [0.717, 1.165) is 11.4 Å². The van der Waals surface area contributed by atoms with E-state index in [-0.39, 0.29) is 11.8 Å². The van der Waals surface area contributed by atoms with Gasteiger partial charge in [0.25, 0.3) is 0 Å². The lowest BCUT2D eigenvalue weighted by Crippen LogP contribution is -2.23. The van der Waals surface area contributed by atoms with Gasteiger partial charge in [-0.15, -0.1) is 0 Å². The molecule has 0 unspecified atom stereocenters. The summed E-state index contributed by atoms with van der Waals surface area (Å²) in [4.78, 5) is 27.9. The molecule has 1 fully saturated rings. The number of pyridine rings is 1. The quantitative estimate of drug-likeness (QED) is 0.898. The number of amides is 1. The Labute approximate surface area is 139 Å². The number of aromatic nitrogens is 3. The maximum Gasteiger partial charge on any atom is 0.306 e. The maximum absolute atomic E-state index is 12.5. The number of nitrogens with one attached hydrogen (secondary N) is 1. The van der Waals surface area contributed by atoms with Crippen LogP contribution in [0.1, 0.15) is 30.7 Å². The second-order valence-corrected chi connectivity index (χ2v) is 6.25. The number of hydrogen-bond donors (Lipinski definition) is 2.